The normalized spacial score (nSPS) is 21.9. The molecule has 0 aromatic heterocycles. The second kappa shape index (κ2) is 8.95. The fourth-order valence-electron chi connectivity index (χ4n) is 4.01. The number of nitrogens with zero attached hydrogens (tertiary/aromatic N) is 2. The Bertz CT molecular complexity index is 574. The first-order chi connectivity index (χ1) is 12.6. The Balaban J connectivity index is 1.37. The summed E-state index contributed by atoms with van der Waals surface area (Å²) in [4.78, 5) is 16.4. The highest BCUT2D eigenvalue weighted by Crippen LogP contribution is 2.42. The highest BCUT2D eigenvalue weighted by atomic mass is 16.5. The zero-order valence-electron chi connectivity index (χ0n) is 15.9. The van der Waals surface area contributed by atoms with Crippen LogP contribution in [0.5, 0.6) is 0 Å². The zero-order chi connectivity index (χ0) is 18.4. The van der Waals surface area contributed by atoms with E-state index in [2.05, 4.69) is 24.1 Å². The molecule has 2 aliphatic rings. The lowest BCUT2D eigenvalue weighted by Gasteiger charge is -2.48. The third-order valence-corrected chi connectivity index (χ3v) is 5.36. The lowest BCUT2D eigenvalue weighted by molar-refractivity contribution is -0.148. The standard InChI is InChI=1S/C20H30N2O4/c1-21-14-20(15-22(16-20)19(23)13-25-9-8-24-2)10-18(21)12-26-11-17-6-4-3-5-7-17/h3-7,18H,8-16H2,1-2H3. The smallest absolute Gasteiger partial charge is 0.248 e. The van der Waals surface area contributed by atoms with Gasteiger partial charge in [-0.3, -0.25) is 4.79 Å². The molecule has 2 saturated heterocycles. The maximum atomic E-state index is 12.1. The van der Waals surface area contributed by atoms with Crippen molar-refractivity contribution in [3.8, 4) is 0 Å². The highest BCUT2D eigenvalue weighted by molar-refractivity contribution is 5.78. The number of methoxy groups -OCH3 is 1. The Hall–Kier alpha value is -1.47. The maximum absolute atomic E-state index is 12.1. The van der Waals surface area contributed by atoms with E-state index < -0.39 is 0 Å². The van der Waals surface area contributed by atoms with Crippen LogP contribution in [0.4, 0.5) is 0 Å². The highest BCUT2D eigenvalue weighted by Gasteiger charge is 2.51. The van der Waals surface area contributed by atoms with Gasteiger partial charge >= 0.3 is 0 Å². The monoisotopic (exact) mass is 362 g/mol. The number of carbonyl (C=O) groups is 1. The van der Waals surface area contributed by atoms with Gasteiger partial charge in [0.25, 0.3) is 0 Å². The third-order valence-electron chi connectivity index (χ3n) is 5.36. The molecule has 2 aliphatic heterocycles. The van der Waals surface area contributed by atoms with Gasteiger partial charge in [-0.15, -0.1) is 0 Å². The molecule has 26 heavy (non-hydrogen) atoms. The number of benzene rings is 1. The molecule has 1 spiro atoms. The van der Waals surface area contributed by atoms with E-state index in [1.807, 2.05) is 23.1 Å². The molecule has 1 atom stereocenters. The van der Waals surface area contributed by atoms with Gasteiger partial charge in [0.05, 0.1) is 26.4 Å². The molecule has 2 fully saturated rings. The van der Waals surface area contributed by atoms with Crippen LogP contribution < -0.4 is 0 Å². The van der Waals surface area contributed by atoms with E-state index >= 15 is 0 Å². The molecule has 6 nitrogen and oxygen atoms in total. The van der Waals surface area contributed by atoms with Crippen molar-refractivity contribution in [1.29, 1.82) is 0 Å². The van der Waals surface area contributed by atoms with E-state index in [9.17, 15) is 4.79 Å². The topological polar surface area (TPSA) is 51.2 Å². The van der Waals surface area contributed by atoms with Gasteiger partial charge < -0.3 is 24.0 Å². The van der Waals surface area contributed by atoms with Crippen molar-refractivity contribution in [2.75, 3.05) is 60.2 Å². The van der Waals surface area contributed by atoms with Crippen LogP contribution in [0, 0.1) is 5.41 Å². The summed E-state index contributed by atoms with van der Waals surface area (Å²) in [5, 5.41) is 0. The summed E-state index contributed by atoms with van der Waals surface area (Å²) in [6, 6.07) is 10.7. The molecular weight excluding hydrogens is 332 g/mol. The lowest BCUT2D eigenvalue weighted by atomic mass is 9.78. The maximum Gasteiger partial charge on any atom is 0.248 e. The van der Waals surface area contributed by atoms with E-state index in [0.29, 0.717) is 25.9 Å². The van der Waals surface area contributed by atoms with Crippen molar-refractivity contribution in [2.45, 2.75) is 19.1 Å². The Kier molecular flexibility index (Phi) is 6.64. The number of likely N-dealkylation sites (N-methyl/N-ethyl adjacent to an activating group) is 1. The number of likely N-dealkylation sites (tertiary alicyclic amines) is 2. The van der Waals surface area contributed by atoms with Crippen molar-refractivity contribution < 1.29 is 19.0 Å². The van der Waals surface area contributed by atoms with E-state index in [1.54, 1.807) is 7.11 Å². The molecule has 6 heteroatoms. The molecule has 3 rings (SSSR count). The van der Waals surface area contributed by atoms with E-state index in [4.69, 9.17) is 14.2 Å². The zero-order valence-corrected chi connectivity index (χ0v) is 15.9. The first-order valence-electron chi connectivity index (χ1n) is 9.28. The molecule has 144 valence electrons. The molecule has 1 amide bonds. The number of hydrogen-bond donors (Lipinski definition) is 0. The minimum atomic E-state index is 0.0816. The third kappa shape index (κ3) is 4.82. The molecule has 2 heterocycles. The molecule has 0 saturated carbocycles. The number of amides is 1. The van der Waals surface area contributed by atoms with Gasteiger partial charge in [0.2, 0.25) is 5.91 Å². The van der Waals surface area contributed by atoms with Gasteiger partial charge in [-0.25, -0.2) is 0 Å². The van der Waals surface area contributed by atoms with Crippen molar-refractivity contribution >= 4 is 5.91 Å². The van der Waals surface area contributed by atoms with Gasteiger partial charge in [0.1, 0.15) is 6.61 Å². The average molecular weight is 362 g/mol. The van der Waals surface area contributed by atoms with Gasteiger partial charge in [0, 0.05) is 38.2 Å². The first kappa shape index (κ1) is 19.3. The van der Waals surface area contributed by atoms with Gasteiger partial charge in [-0.2, -0.15) is 0 Å². The Labute approximate surface area is 156 Å². The van der Waals surface area contributed by atoms with Gasteiger partial charge in [-0.05, 0) is 19.0 Å². The van der Waals surface area contributed by atoms with Crippen LogP contribution in [-0.2, 0) is 25.6 Å². The van der Waals surface area contributed by atoms with Crippen molar-refractivity contribution in [2.24, 2.45) is 5.41 Å². The summed E-state index contributed by atoms with van der Waals surface area (Å²) in [7, 11) is 3.78. The van der Waals surface area contributed by atoms with Crippen molar-refractivity contribution in [3.63, 3.8) is 0 Å². The predicted octanol–water partition coefficient (Wildman–Crippen LogP) is 1.40. The Morgan fingerprint density at radius 1 is 1.15 bits per heavy atom. The second-order valence-electron chi connectivity index (χ2n) is 7.57. The lowest BCUT2D eigenvalue weighted by Crippen LogP contribution is -2.60. The van der Waals surface area contributed by atoms with Crippen LogP contribution in [0.25, 0.3) is 0 Å². The van der Waals surface area contributed by atoms with Crippen molar-refractivity contribution in [3.05, 3.63) is 35.9 Å². The first-order valence-corrected chi connectivity index (χ1v) is 9.28. The summed E-state index contributed by atoms with van der Waals surface area (Å²) in [6.45, 7) is 5.22. The molecule has 0 N–H and O–H groups in total. The summed E-state index contributed by atoms with van der Waals surface area (Å²) in [5.74, 6) is 0.0816. The van der Waals surface area contributed by atoms with Crippen molar-refractivity contribution in [1.82, 2.24) is 9.80 Å². The number of rotatable bonds is 9. The Morgan fingerprint density at radius 2 is 1.92 bits per heavy atom. The molecule has 0 aliphatic carbocycles. The van der Waals surface area contributed by atoms with Crippen LogP contribution in [0.2, 0.25) is 0 Å². The van der Waals surface area contributed by atoms with E-state index in [0.717, 1.165) is 32.7 Å². The fourth-order valence-corrected chi connectivity index (χ4v) is 4.01. The number of ether oxygens (including phenoxy) is 3. The minimum absolute atomic E-state index is 0.0816. The average Bonchev–Trinajstić information content (AvgIpc) is 2.95. The predicted molar refractivity (Wildman–Crippen MR) is 98.8 cm³/mol. The minimum Gasteiger partial charge on any atom is -0.382 e. The molecule has 0 bridgehead atoms. The largest absolute Gasteiger partial charge is 0.382 e. The molecule has 1 aromatic carbocycles. The van der Waals surface area contributed by atoms with Crippen LogP contribution in [0.15, 0.2) is 30.3 Å². The second-order valence-corrected chi connectivity index (χ2v) is 7.57. The summed E-state index contributed by atoms with van der Waals surface area (Å²) >= 11 is 0. The van der Waals surface area contributed by atoms with Crippen LogP contribution >= 0.6 is 0 Å². The molecule has 1 unspecified atom stereocenters. The van der Waals surface area contributed by atoms with E-state index in [1.165, 1.54) is 5.56 Å². The molecular formula is C20H30N2O4. The summed E-state index contributed by atoms with van der Waals surface area (Å²) in [5.41, 5.74) is 1.44. The van der Waals surface area contributed by atoms with Crippen LogP contribution in [0.3, 0.4) is 0 Å². The van der Waals surface area contributed by atoms with E-state index in [-0.39, 0.29) is 17.9 Å². The SMILES string of the molecule is COCCOCC(=O)N1CC2(CC(COCc3ccccc3)N(C)C2)C1. The quantitative estimate of drug-likeness (QED) is 0.622. The number of carbonyl (C=O) groups excluding carboxylic acids is 1. The number of hydrogen-bond acceptors (Lipinski definition) is 5. The van der Waals surface area contributed by atoms with Crippen LogP contribution in [-0.4, -0.2) is 82.0 Å². The molecule has 0 radical (unpaired) electrons. The fraction of sp³-hybridized carbons (Fsp3) is 0.650. The van der Waals surface area contributed by atoms with Crippen LogP contribution in [0.1, 0.15) is 12.0 Å². The van der Waals surface area contributed by atoms with Gasteiger partial charge in [0.15, 0.2) is 0 Å². The van der Waals surface area contributed by atoms with Gasteiger partial charge in [-0.1, -0.05) is 30.3 Å². The Morgan fingerprint density at radius 3 is 2.65 bits per heavy atom. The summed E-state index contributed by atoms with van der Waals surface area (Å²) < 4.78 is 16.2. The molecule has 1 aromatic rings. The summed E-state index contributed by atoms with van der Waals surface area (Å²) in [6.07, 6.45) is 1.09.